The fourth-order valence-electron chi connectivity index (χ4n) is 4.18. The minimum absolute atomic E-state index is 0.0135. The third kappa shape index (κ3) is 5.86. The summed E-state index contributed by atoms with van der Waals surface area (Å²) in [6, 6.07) is 13.8. The Labute approximate surface area is 231 Å². The Morgan fingerprint density at radius 3 is 2.50 bits per heavy atom. The summed E-state index contributed by atoms with van der Waals surface area (Å²) in [6.45, 7) is 1.06. The summed E-state index contributed by atoms with van der Waals surface area (Å²) in [6.07, 6.45) is 0. The molecule has 3 aromatic rings. The maximum Gasteiger partial charge on any atom is 0.262 e. The zero-order chi connectivity index (χ0) is 28.1. The van der Waals surface area contributed by atoms with Gasteiger partial charge in [0.2, 0.25) is 6.79 Å². The first kappa shape index (κ1) is 27.4. The molecule has 0 aromatic heterocycles. The first-order valence-corrected chi connectivity index (χ1v) is 13.9. The van der Waals surface area contributed by atoms with E-state index in [-0.39, 0.29) is 65.1 Å². The fourth-order valence-corrected chi connectivity index (χ4v) is 5.25. The van der Waals surface area contributed by atoms with E-state index in [4.69, 9.17) is 28.4 Å². The van der Waals surface area contributed by atoms with Crippen LogP contribution in [0.4, 0.5) is 5.69 Å². The minimum atomic E-state index is -4.22. The molecule has 0 atom stereocenters. The number of morpholine rings is 1. The number of para-hydroxylation sites is 2. The largest absolute Gasteiger partial charge is 0.493 e. The summed E-state index contributed by atoms with van der Waals surface area (Å²) in [5.74, 6) is 1.05. The lowest BCUT2D eigenvalue weighted by Crippen LogP contribution is -2.40. The number of nitrogens with zero attached hydrogens (tertiary/aromatic N) is 1. The van der Waals surface area contributed by atoms with Crippen LogP contribution < -0.4 is 28.4 Å². The van der Waals surface area contributed by atoms with Gasteiger partial charge in [-0.2, -0.15) is 0 Å². The molecule has 0 saturated carbocycles. The Hall–Kier alpha value is -4.20. The van der Waals surface area contributed by atoms with Crippen LogP contribution in [0.25, 0.3) is 0 Å². The molecule has 212 valence electrons. The lowest BCUT2D eigenvalue weighted by atomic mass is 10.1. The van der Waals surface area contributed by atoms with Gasteiger partial charge in [0, 0.05) is 24.7 Å². The molecule has 0 spiro atoms. The molecule has 5 rings (SSSR count). The highest BCUT2D eigenvalue weighted by molar-refractivity contribution is 7.92. The van der Waals surface area contributed by atoms with E-state index in [1.54, 1.807) is 29.2 Å². The molecule has 2 aliphatic rings. The second-order valence-corrected chi connectivity index (χ2v) is 10.4. The molecule has 12 nitrogen and oxygen atoms in total. The smallest absolute Gasteiger partial charge is 0.262 e. The predicted molar refractivity (Wildman–Crippen MR) is 142 cm³/mol. The van der Waals surface area contributed by atoms with Gasteiger partial charge in [0.25, 0.3) is 15.9 Å². The molecule has 0 aliphatic carbocycles. The lowest BCUT2D eigenvalue weighted by molar-refractivity contribution is 0.0302. The summed E-state index contributed by atoms with van der Waals surface area (Å²) in [5, 5.41) is 9.45. The summed E-state index contributed by atoms with van der Waals surface area (Å²) in [4.78, 5) is 14.9. The molecule has 1 amide bonds. The predicted octanol–water partition coefficient (Wildman–Crippen LogP) is 2.86. The first-order chi connectivity index (χ1) is 19.4. The van der Waals surface area contributed by atoms with E-state index >= 15 is 0 Å². The van der Waals surface area contributed by atoms with Crippen molar-refractivity contribution in [2.45, 2.75) is 4.90 Å². The molecule has 13 heteroatoms. The molecule has 0 bridgehead atoms. The zero-order valence-electron chi connectivity index (χ0n) is 21.6. The standard InChI is InChI=1S/C27H28N2O10S/c1-34-21-4-2-3-5-23(21)39-26-20(28-40(32,33)19-6-7-22-24(16-19)38-17-37-22)14-18(15-25(26)36-13-10-30)27(31)29-8-11-35-12-9-29/h2-7,14-16,28,30H,8-13,17H2,1H3. The van der Waals surface area contributed by atoms with Gasteiger partial charge in [-0.15, -0.1) is 0 Å². The van der Waals surface area contributed by atoms with Crippen LogP contribution >= 0.6 is 0 Å². The van der Waals surface area contributed by atoms with Gasteiger partial charge < -0.3 is 38.4 Å². The van der Waals surface area contributed by atoms with Gasteiger partial charge in [-0.3, -0.25) is 9.52 Å². The number of anilines is 1. The van der Waals surface area contributed by atoms with Crippen molar-refractivity contribution in [3.63, 3.8) is 0 Å². The Kier molecular flexibility index (Phi) is 8.14. The number of fused-ring (bicyclic) bond motifs is 1. The summed E-state index contributed by atoms with van der Waals surface area (Å²) in [5.41, 5.74) is 0.0984. The maximum atomic E-state index is 13.6. The van der Waals surface area contributed by atoms with Crippen molar-refractivity contribution >= 4 is 21.6 Å². The summed E-state index contributed by atoms with van der Waals surface area (Å²) in [7, 11) is -2.75. The average molecular weight is 573 g/mol. The number of nitrogens with one attached hydrogen (secondary N) is 1. The normalized spacial score (nSPS) is 14.5. The van der Waals surface area contributed by atoms with Crippen LogP contribution in [0.5, 0.6) is 34.5 Å². The second kappa shape index (κ2) is 11.9. The number of aliphatic hydroxyl groups excluding tert-OH is 1. The van der Waals surface area contributed by atoms with Crippen molar-refractivity contribution in [1.82, 2.24) is 4.90 Å². The van der Waals surface area contributed by atoms with Gasteiger partial charge in [0.15, 0.2) is 34.5 Å². The third-order valence-corrected chi connectivity index (χ3v) is 7.49. The van der Waals surface area contributed by atoms with E-state index < -0.39 is 10.0 Å². The van der Waals surface area contributed by atoms with Crippen LogP contribution in [-0.4, -0.2) is 77.8 Å². The number of hydrogen-bond donors (Lipinski definition) is 2. The number of hydrogen-bond acceptors (Lipinski definition) is 10. The number of aliphatic hydroxyl groups is 1. The Morgan fingerprint density at radius 2 is 1.75 bits per heavy atom. The van der Waals surface area contributed by atoms with Crippen LogP contribution in [-0.2, 0) is 14.8 Å². The van der Waals surface area contributed by atoms with Gasteiger partial charge in [0.1, 0.15) is 6.61 Å². The Morgan fingerprint density at radius 1 is 1.00 bits per heavy atom. The molecule has 40 heavy (non-hydrogen) atoms. The van der Waals surface area contributed by atoms with Gasteiger partial charge in [0.05, 0.1) is 37.5 Å². The van der Waals surface area contributed by atoms with Gasteiger partial charge in [-0.05, 0) is 36.4 Å². The molecule has 1 fully saturated rings. The van der Waals surface area contributed by atoms with Crippen molar-refractivity contribution in [2.75, 3.05) is 58.1 Å². The summed E-state index contributed by atoms with van der Waals surface area (Å²) < 4.78 is 62.9. The van der Waals surface area contributed by atoms with Crippen LogP contribution in [0.15, 0.2) is 59.5 Å². The molecular formula is C27H28N2O10S. The second-order valence-electron chi connectivity index (χ2n) is 8.70. The van der Waals surface area contributed by atoms with E-state index in [0.29, 0.717) is 37.8 Å². The molecule has 2 aliphatic heterocycles. The number of ether oxygens (including phenoxy) is 6. The molecule has 3 aromatic carbocycles. The van der Waals surface area contributed by atoms with Gasteiger partial charge >= 0.3 is 0 Å². The molecule has 0 unspecified atom stereocenters. The van der Waals surface area contributed by atoms with Crippen LogP contribution in [0.2, 0.25) is 0 Å². The first-order valence-electron chi connectivity index (χ1n) is 12.4. The monoisotopic (exact) mass is 572 g/mol. The highest BCUT2D eigenvalue weighted by Crippen LogP contribution is 2.44. The topological polar surface area (TPSA) is 142 Å². The van der Waals surface area contributed by atoms with Crippen LogP contribution in [0, 0.1) is 0 Å². The highest BCUT2D eigenvalue weighted by Gasteiger charge is 2.27. The number of carbonyl (C=O) groups is 1. The lowest BCUT2D eigenvalue weighted by Gasteiger charge is -2.27. The molecule has 1 saturated heterocycles. The van der Waals surface area contributed by atoms with Crippen LogP contribution in [0.3, 0.4) is 0 Å². The Balaban J connectivity index is 1.60. The minimum Gasteiger partial charge on any atom is -0.493 e. The van der Waals surface area contributed by atoms with E-state index in [2.05, 4.69) is 4.72 Å². The molecular weight excluding hydrogens is 544 g/mol. The van der Waals surface area contributed by atoms with E-state index in [1.807, 2.05) is 0 Å². The van der Waals surface area contributed by atoms with E-state index in [9.17, 15) is 18.3 Å². The number of methoxy groups -OCH3 is 1. The number of sulfonamides is 1. The van der Waals surface area contributed by atoms with Crippen molar-refractivity contribution in [2.24, 2.45) is 0 Å². The fraction of sp³-hybridized carbons (Fsp3) is 0.296. The molecule has 2 N–H and O–H groups in total. The quantitative estimate of drug-likeness (QED) is 0.372. The van der Waals surface area contributed by atoms with Crippen molar-refractivity contribution < 1.29 is 46.7 Å². The maximum absolute atomic E-state index is 13.6. The number of amides is 1. The zero-order valence-corrected chi connectivity index (χ0v) is 22.4. The number of carbonyl (C=O) groups excluding carboxylic acids is 1. The summed E-state index contributed by atoms with van der Waals surface area (Å²) >= 11 is 0. The van der Waals surface area contributed by atoms with E-state index in [0.717, 1.165) is 0 Å². The average Bonchev–Trinajstić information content (AvgIpc) is 3.45. The molecule has 0 radical (unpaired) electrons. The van der Waals surface area contributed by atoms with Crippen molar-refractivity contribution in [3.8, 4) is 34.5 Å². The number of rotatable bonds is 10. The SMILES string of the molecule is COc1ccccc1Oc1c(NS(=O)(=O)c2ccc3c(c2)OCO3)cc(C(=O)N2CCOCC2)cc1OCCO. The van der Waals surface area contributed by atoms with Crippen molar-refractivity contribution in [1.29, 1.82) is 0 Å². The highest BCUT2D eigenvalue weighted by atomic mass is 32.2. The molecule has 2 heterocycles. The number of benzene rings is 3. The van der Waals surface area contributed by atoms with Crippen molar-refractivity contribution in [3.05, 3.63) is 60.2 Å². The van der Waals surface area contributed by atoms with Gasteiger partial charge in [-0.1, -0.05) is 12.1 Å². The Bertz CT molecular complexity index is 1490. The third-order valence-electron chi connectivity index (χ3n) is 6.13. The van der Waals surface area contributed by atoms with E-state index in [1.165, 1.54) is 37.4 Å². The van der Waals surface area contributed by atoms with Crippen LogP contribution in [0.1, 0.15) is 10.4 Å². The van der Waals surface area contributed by atoms with Gasteiger partial charge in [-0.25, -0.2) is 8.42 Å².